The first-order chi connectivity index (χ1) is 10.4. The number of anilines is 1. The molecule has 0 aromatic heterocycles. The summed E-state index contributed by atoms with van der Waals surface area (Å²) in [7, 11) is 0. The van der Waals surface area contributed by atoms with E-state index >= 15 is 0 Å². The summed E-state index contributed by atoms with van der Waals surface area (Å²) in [6, 6.07) is 17.0. The summed E-state index contributed by atoms with van der Waals surface area (Å²) in [5.41, 5.74) is 3.94. The molecule has 21 heavy (non-hydrogen) atoms. The predicted octanol–water partition coefficient (Wildman–Crippen LogP) is 3.20. The summed E-state index contributed by atoms with van der Waals surface area (Å²) in [5, 5.41) is 3.49. The highest BCUT2D eigenvalue weighted by Gasteiger charge is 2.16. The van der Waals surface area contributed by atoms with Crippen molar-refractivity contribution in [2.45, 2.75) is 20.0 Å². The topological polar surface area (TPSA) is 24.5 Å². The highest BCUT2D eigenvalue weighted by molar-refractivity contribution is 5.55. The molecule has 0 aliphatic carbocycles. The summed E-state index contributed by atoms with van der Waals surface area (Å²) in [6.07, 6.45) is 0. The Bertz CT molecular complexity index is 597. The van der Waals surface area contributed by atoms with E-state index in [9.17, 15) is 0 Å². The molecule has 0 saturated carbocycles. The third-order valence-corrected chi connectivity index (χ3v) is 3.84. The van der Waals surface area contributed by atoms with Crippen LogP contribution in [0.15, 0.2) is 48.5 Å². The van der Waals surface area contributed by atoms with Crippen LogP contribution in [0.3, 0.4) is 0 Å². The molecule has 110 valence electrons. The highest BCUT2D eigenvalue weighted by atomic mass is 16.5. The van der Waals surface area contributed by atoms with E-state index in [4.69, 9.17) is 4.74 Å². The molecular weight excluding hydrogens is 260 g/mol. The van der Waals surface area contributed by atoms with E-state index in [0.29, 0.717) is 6.61 Å². The lowest BCUT2D eigenvalue weighted by Gasteiger charge is -2.25. The number of hydrogen-bond donors (Lipinski definition) is 1. The van der Waals surface area contributed by atoms with Gasteiger partial charge in [-0.15, -0.1) is 0 Å². The molecule has 0 bridgehead atoms. The lowest BCUT2D eigenvalue weighted by Crippen LogP contribution is -2.28. The van der Waals surface area contributed by atoms with E-state index in [0.717, 1.165) is 31.9 Å². The minimum atomic E-state index is 0.704. The van der Waals surface area contributed by atoms with Gasteiger partial charge in [-0.25, -0.2) is 0 Å². The normalized spacial score (nSPS) is 14.4. The molecule has 3 heteroatoms. The van der Waals surface area contributed by atoms with Crippen molar-refractivity contribution in [1.82, 2.24) is 5.32 Å². The first kappa shape index (κ1) is 14.0. The van der Waals surface area contributed by atoms with Crippen molar-refractivity contribution in [2.24, 2.45) is 0 Å². The molecule has 0 radical (unpaired) electrons. The maximum Gasteiger partial charge on any atom is 0.124 e. The highest BCUT2D eigenvalue weighted by Crippen LogP contribution is 2.26. The molecule has 3 rings (SSSR count). The third-order valence-electron chi connectivity index (χ3n) is 3.84. The average Bonchev–Trinajstić information content (AvgIpc) is 2.72. The van der Waals surface area contributed by atoms with Gasteiger partial charge in [0.15, 0.2) is 0 Å². The molecule has 0 unspecified atom stereocenters. The van der Waals surface area contributed by atoms with Crippen molar-refractivity contribution in [3.8, 4) is 5.75 Å². The summed E-state index contributed by atoms with van der Waals surface area (Å²) in [6.45, 7) is 6.58. The predicted molar refractivity (Wildman–Crippen MR) is 86.8 cm³/mol. The summed E-state index contributed by atoms with van der Waals surface area (Å²) < 4.78 is 5.76. The maximum atomic E-state index is 5.76. The Morgan fingerprint density at radius 2 is 1.90 bits per heavy atom. The number of benzene rings is 2. The van der Waals surface area contributed by atoms with Crippen LogP contribution < -0.4 is 15.0 Å². The Kier molecular flexibility index (Phi) is 4.41. The van der Waals surface area contributed by atoms with Crippen LogP contribution in [0.4, 0.5) is 5.69 Å². The van der Waals surface area contributed by atoms with Crippen molar-refractivity contribution in [3.63, 3.8) is 0 Å². The molecule has 1 heterocycles. The van der Waals surface area contributed by atoms with E-state index < -0.39 is 0 Å². The Balaban J connectivity index is 1.88. The van der Waals surface area contributed by atoms with Crippen LogP contribution in [-0.4, -0.2) is 19.7 Å². The van der Waals surface area contributed by atoms with Gasteiger partial charge >= 0.3 is 0 Å². The van der Waals surface area contributed by atoms with Gasteiger partial charge in [0.25, 0.3) is 0 Å². The van der Waals surface area contributed by atoms with Crippen LogP contribution in [0.2, 0.25) is 0 Å². The summed E-state index contributed by atoms with van der Waals surface area (Å²) in [5.74, 6) is 0.995. The van der Waals surface area contributed by atoms with Crippen LogP contribution in [0, 0.1) is 0 Å². The summed E-state index contributed by atoms with van der Waals surface area (Å²) >= 11 is 0. The quantitative estimate of drug-likeness (QED) is 0.932. The Labute approximate surface area is 126 Å². The van der Waals surface area contributed by atoms with Gasteiger partial charge in [0.2, 0.25) is 0 Å². The number of nitrogens with zero attached hydrogens (tertiary/aromatic N) is 1. The maximum absolute atomic E-state index is 5.76. The largest absolute Gasteiger partial charge is 0.494 e. The monoisotopic (exact) mass is 282 g/mol. The molecule has 1 aliphatic heterocycles. The van der Waals surface area contributed by atoms with Crippen molar-refractivity contribution < 1.29 is 4.74 Å². The van der Waals surface area contributed by atoms with E-state index in [-0.39, 0.29) is 0 Å². The average molecular weight is 282 g/mol. The Morgan fingerprint density at radius 1 is 1.10 bits per heavy atom. The second-order valence-electron chi connectivity index (χ2n) is 5.27. The molecule has 0 amide bonds. The minimum Gasteiger partial charge on any atom is -0.494 e. The molecule has 0 atom stereocenters. The van der Waals surface area contributed by atoms with E-state index in [1.165, 1.54) is 16.8 Å². The van der Waals surface area contributed by atoms with E-state index in [2.05, 4.69) is 52.7 Å². The first-order valence-corrected chi connectivity index (χ1v) is 7.62. The lowest BCUT2D eigenvalue weighted by molar-refractivity contribution is 0.336. The third kappa shape index (κ3) is 3.19. The van der Waals surface area contributed by atoms with Crippen LogP contribution in [-0.2, 0) is 13.1 Å². The number of nitrogens with one attached hydrogen (secondary N) is 1. The number of para-hydroxylation sites is 2. The zero-order valence-electron chi connectivity index (χ0n) is 12.5. The minimum absolute atomic E-state index is 0.704. The second-order valence-corrected chi connectivity index (χ2v) is 5.27. The van der Waals surface area contributed by atoms with Gasteiger partial charge in [0, 0.05) is 37.4 Å². The van der Waals surface area contributed by atoms with Gasteiger partial charge in [0.05, 0.1) is 6.61 Å². The van der Waals surface area contributed by atoms with Crippen LogP contribution in [0.25, 0.3) is 0 Å². The van der Waals surface area contributed by atoms with E-state index in [1.807, 2.05) is 13.0 Å². The zero-order valence-corrected chi connectivity index (χ0v) is 12.5. The molecule has 0 fully saturated rings. The van der Waals surface area contributed by atoms with Crippen molar-refractivity contribution in [2.75, 3.05) is 24.6 Å². The molecule has 2 aromatic carbocycles. The van der Waals surface area contributed by atoms with E-state index in [1.54, 1.807) is 0 Å². The second kappa shape index (κ2) is 6.64. The molecule has 0 spiro atoms. The van der Waals surface area contributed by atoms with Crippen molar-refractivity contribution >= 4 is 5.69 Å². The van der Waals surface area contributed by atoms with Crippen LogP contribution >= 0.6 is 0 Å². The van der Waals surface area contributed by atoms with Crippen molar-refractivity contribution in [1.29, 1.82) is 0 Å². The number of hydrogen-bond acceptors (Lipinski definition) is 3. The number of rotatable bonds is 4. The molecule has 0 saturated heterocycles. The fourth-order valence-electron chi connectivity index (χ4n) is 2.83. The van der Waals surface area contributed by atoms with Crippen molar-refractivity contribution in [3.05, 3.63) is 59.7 Å². The lowest BCUT2D eigenvalue weighted by atomic mass is 10.1. The van der Waals surface area contributed by atoms with Gasteiger partial charge in [-0.1, -0.05) is 36.4 Å². The Morgan fingerprint density at radius 3 is 2.81 bits per heavy atom. The molecule has 1 N–H and O–H groups in total. The standard InChI is InChI=1S/C18H22N2O/c1-2-21-18-10-6-4-8-16(18)14-20-12-11-19-13-15-7-3-5-9-17(15)20/h3-10,19H,2,11-14H2,1H3. The molecule has 2 aromatic rings. The SMILES string of the molecule is CCOc1ccccc1CN1CCNCc2ccccc21. The van der Waals surface area contributed by atoms with Gasteiger partial charge in [0.1, 0.15) is 5.75 Å². The van der Waals surface area contributed by atoms with Gasteiger partial charge < -0.3 is 15.0 Å². The smallest absolute Gasteiger partial charge is 0.124 e. The zero-order chi connectivity index (χ0) is 14.5. The first-order valence-electron chi connectivity index (χ1n) is 7.62. The van der Waals surface area contributed by atoms with Crippen LogP contribution in [0.5, 0.6) is 5.75 Å². The van der Waals surface area contributed by atoms with Crippen LogP contribution in [0.1, 0.15) is 18.1 Å². The number of fused-ring (bicyclic) bond motifs is 1. The van der Waals surface area contributed by atoms with Gasteiger partial charge in [-0.3, -0.25) is 0 Å². The fraction of sp³-hybridized carbons (Fsp3) is 0.333. The van der Waals surface area contributed by atoms with Gasteiger partial charge in [-0.2, -0.15) is 0 Å². The Hall–Kier alpha value is -2.00. The fourth-order valence-corrected chi connectivity index (χ4v) is 2.83. The molecule has 3 nitrogen and oxygen atoms in total. The molecule has 1 aliphatic rings. The number of ether oxygens (including phenoxy) is 1. The van der Waals surface area contributed by atoms with Gasteiger partial charge in [-0.05, 0) is 24.6 Å². The summed E-state index contributed by atoms with van der Waals surface area (Å²) in [4.78, 5) is 2.44. The molecular formula is C18H22N2O.